The minimum absolute atomic E-state index is 0.117. The number of carboxylic acids is 1. The van der Waals surface area contributed by atoms with Crippen molar-refractivity contribution in [2.45, 2.75) is 58.8 Å². The van der Waals surface area contributed by atoms with E-state index in [-0.39, 0.29) is 11.8 Å². The Morgan fingerprint density at radius 1 is 0.907 bits per heavy atom. The van der Waals surface area contributed by atoms with Crippen molar-refractivity contribution in [1.82, 2.24) is 4.58 Å². The van der Waals surface area contributed by atoms with E-state index in [0.717, 1.165) is 66.0 Å². The van der Waals surface area contributed by atoms with Gasteiger partial charge in [-0.05, 0) is 68.5 Å². The third-order valence-electron chi connectivity index (χ3n) is 8.56. The van der Waals surface area contributed by atoms with Crippen molar-refractivity contribution in [2.24, 2.45) is 0 Å². The van der Waals surface area contributed by atoms with Crippen LogP contribution >= 0.6 is 0 Å². The van der Waals surface area contributed by atoms with Gasteiger partial charge in [-0.25, -0.2) is 4.58 Å². The quantitative estimate of drug-likeness (QED) is 0.145. The summed E-state index contributed by atoms with van der Waals surface area (Å²) in [5, 5.41) is 12.0. The summed E-state index contributed by atoms with van der Waals surface area (Å²) in [4.78, 5) is 13.3. The molecule has 3 aliphatic rings. The Hall–Kier alpha value is -4.38. The van der Waals surface area contributed by atoms with Crippen LogP contribution in [0.5, 0.6) is 0 Å². The lowest BCUT2D eigenvalue weighted by atomic mass is 9.83. The van der Waals surface area contributed by atoms with E-state index >= 15 is 0 Å². The van der Waals surface area contributed by atoms with Crippen molar-refractivity contribution < 1.29 is 14.3 Å². The molecule has 0 bridgehead atoms. The highest BCUT2D eigenvalue weighted by Gasteiger charge is 2.39. The molecule has 5 rings (SSSR count). The normalized spacial score (nSPS) is 15.0. The van der Waals surface area contributed by atoms with Crippen molar-refractivity contribution in [3.63, 3.8) is 0 Å². The maximum atomic E-state index is 10.9. The first-order chi connectivity index (χ1) is 20.8. The summed E-state index contributed by atoms with van der Waals surface area (Å²) in [6.45, 7) is 11.6. The number of hydrogen-bond acceptors (Lipinski definition) is 4. The molecule has 5 heteroatoms. The Kier molecular flexibility index (Phi) is 9.30. The van der Waals surface area contributed by atoms with Gasteiger partial charge in [-0.15, -0.1) is 0 Å². The molecule has 2 aromatic carbocycles. The maximum Gasteiger partial charge on any atom is 0.203 e. The number of nitrogens with zero attached hydrogens (tertiary/aromatic N) is 2. The molecule has 222 valence electrons. The SMILES string of the molecule is CC[N+](CC)=c1ccc2c(/C=C/C=C3/N(CCCCCC(=O)[O-])c4ccccc4C3(C)C)cc(-c3ccccc3)oc-2c1. The van der Waals surface area contributed by atoms with Gasteiger partial charge in [0.25, 0.3) is 0 Å². The second-order valence-corrected chi connectivity index (χ2v) is 11.7. The fourth-order valence-corrected chi connectivity index (χ4v) is 6.21. The summed E-state index contributed by atoms with van der Waals surface area (Å²) in [6, 6.07) is 27.5. The van der Waals surface area contributed by atoms with Crippen LogP contribution in [-0.2, 0) is 10.2 Å². The molecular formula is C38H42N2O3. The van der Waals surface area contributed by atoms with E-state index < -0.39 is 5.97 Å². The van der Waals surface area contributed by atoms with Crippen LogP contribution < -0.4 is 19.9 Å². The first-order valence-electron chi connectivity index (χ1n) is 15.5. The Morgan fingerprint density at radius 2 is 1.65 bits per heavy atom. The van der Waals surface area contributed by atoms with Gasteiger partial charge in [0.2, 0.25) is 5.36 Å². The smallest absolute Gasteiger partial charge is 0.203 e. The Bertz CT molecular complexity index is 1670. The number of rotatable bonds is 11. The fraction of sp³-hybridized carbons (Fsp3) is 0.316. The van der Waals surface area contributed by atoms with Gasteiger partial charge in [-0.1, -0.05) is 81.0 Å². The molecule has 0 aromatic heterocycles. The molecule has 0 N–H and O–H groups in total. The lowest BCUT2D eigenvalue weighted by molar-refractivity contribution is -0.305. The average Bonchev–Trinajstić information content (AvgIpc) is 3.23. The Labute approximate surface area is 255 Å². The molecular weight excluding hydrogens is 532 g/mol. The monoisotopic (exact) mass is 574 g/mol. The molecule has 2 aliphatic heterocycles. The number of para-hydroxylation sites is 1. The van der Waals surface area contributed by atoms with E-state index in [4.69, 9.17) is 4.42 Å². The van der Waals surface area contributed by atoms with Gasteiger partial charge in [-0.3, -0.25) is 0 Å². The molecule has 0 amide bonds. The van der Waals surface area contributed by atoms with Gasteiger partial charge in [0.15, 0.2) is 0 Å². The summed E-state index contributed by atoms with van der Waals surface area (Å²) < 4.78 is 8.83. The minimum atomic E-state index is -0.973. The molecule has 0 saturated heterocycles. The molecule has 1 aliphatic carbocycles. The zero-order valence-corrected chi connectivity index (χ0v) is 25.8. The van der Waals surface area contributed by atoms with Crippen LogP contribution in [0.2, 0.25) is 0 Å². The third kappa shape index (κ3) is 6.51. The number of aliphatic carboxylic acids is 1. The number of allylic oxidation sites excluding steroid dienone is 3. The van der Waals surface area contributed by atoms with Gasteiger partial charge in [0, 0.05) is 46.5 Å². The molecule has 0 unspecified atom stereocenters. The highest BCUT2D eigenvalue weighted by molar-refractivity contribution is 5.77. The lowest BCUT2D eigenvalue weighted by Gasteiger charge is -2.27. The van der Waals surface area contributed by atoms with E-state index in [1.807, 2.05) is 18.2 Å². The van der Waals surface area contributed by atoms with Gasteiger partial charge in [0.1, 0.15) is 24.6 Å². The van der Waals surface area contributed by atoms with Crippen molar-refractivity contribution >= 4 is 17.7 Å². The molecule has 0 radical (unpaired) electrons. The highest BCUT2D eigenvalue weighted by atomic mass is 16.4. The molecule has 0 fully saturated rings. The van der Waals surface area contributed by atoms with Crippen LogP contribution in [0.25, 0.3) is 28.7 Å². The van der Waals surface area contributed by atoms with Crippen LogP contribution in [-0.4, -0.2) is 25.6 Å². The summed E-state index contributed by atoms with van der Waals surface area (Å²) in [5.74, 6) is 0.730. The van der Waals surface area contributed by atoms with E-state index in [2.05, 4.69) is 116 Å². The molecule has 2 heterocycles. The minimum Gasteiger partial charge on any atom is -0.550 e. The number of carboxylic acid groups (broad SMARTS) is 1. The summed E-state index contributed by atoms with van der Waals surface area (Å²) >= 11 is 0. The van der Waals surface area contributed by atoms with Crippen molar-refractivity contribution in [3.05, 3.63) is 113 Å². The zero-order chi connectivity index (χ0) is 30.4. The van der Waals surface area contributed by atoms with Crippen LogP contribution in [0.1, 0.15) is 64.5 Å². The van der Waals surface area contributed by atoms with E-state index in [1.165, 1.54) is 16.9 Å². The predicted molar refractivity (Wildman–Crippen MR) is 175 cm³/mol. The van der Waals surface area contributed by atoms with Crippen LogP contribution in [0.4, 0.5) is 5.69 Å². The summed E-state index contributed by atoms with van der Waals surface area (Å²) in [7, 11) is 0. The van der Waals surface area contributed by atoms with Crippen molar-refractivity contribution in [1.29, 1.82) is 0 Å². The number of unbranched alkanes of at least 4 members (excludes halogenated alkanes) is 2. The average molecular weight is 575 g/mol. The highest BCUT2D eigenvalue weighted by Crippen LogP contribution is 2.47. The first-order valence-corrected chi connectivity index (χ1v) is 15.5. The van der Waals surface area contributed by atoms with Gasteiger partial charge in [0.05, 0.1) is 6.07 Å². The second-order valence-electron chi connectivity index (χ2n) is 11.7. The van der Waals surface area contributed by atoms with Crippen LogP contribution in [0.15, 0.2) is 101 Å². The lowest BCUT2D eigenvalue weighted by Crippen LogP contribution is -2.29. The van der Waals surface area contributed by atoms with E-state index in [9.17, 15) is 9.90 Å². The third-order valence-corrected chi connectivity index (χ3v) is 8.56. The van der Waals surface area contributed by atoms with Gasteiger partial charge in [-0.2, -0.15) is 0 Å². The largest absolute Gasteiger partial charge is 0.550 e. The number of benzene rings is 3. The maximum absolute atomic E-state index is 10.9. The summed E-state index contributed by atoms with van der Waals surface area (Å²) in [6.07, 6.45) is 9.12. The number of hydrogen-bond donors (Lipinski definition) is 0. The molecule has 43 heavy (non-hydrogen) atoms. The molecule has 0 spiro atoms. The van der Waals surface area contributed by atoms with Crippen molar-refractivity contribution in [2.75, 3.05) is 24.5 Å². The van der Waals surface area contributed by atoms with E-state index in [1.54, 1.807) is 0 Å². The molecule has 5 nitrogen and oxygen atoms in total. The van der Waals surface area contributed by atoms with E-state index in [0.29, 0.717) is 6.42 Å². The van der Waals surface area contributed by atoms with Crippen LogP contribution in [0.3, 0.4) is 0 Å². The number of carbonyl (C=O) groups excluding carboxylic acids is 1. The summed E-state index contributed by atoms with van der Waals surface area (Å²) in [5.41, 5.74) is 6.84. The standard InChI is InChI=1S/C38H42N2O3/c1-5-39(6-2)30-23-24-31-29(26-34(43-35(31)27-30)28-16-9-7-10-17-28)18-15-21-36-38(3,4)32-19-12-13-20-33(32)40(36)25-14-8-11-22-37(41)42/h7,9-10,12-13,15-21,23-24,26-27H,5-6,8,11,14,22,25H2,1-4H3. The van der Waals surface area contributed by atoms with Gasteiger partial charge >= 0.3 is 0 Å². The van der Waals surface area contributed by atoms with Crippen molar-refractivity contribution in [3.8, 4) is 22.6 Å². The first kappa shape index (κ1) is 30.1. The second kappa shape index (κ2) is 13.3. The Morgan fingerprint density at radius 3 is 2.40 bits per heavy atom. The topological polar surface area (TPSA) is 59.5 Å². The Balaban J connectivity index is 1.53. The molecule has 0 atom stereocenters. The van der Waals surface area contributed by atoms with Gasteiger partial charge < -0.3 is 19.2 Å². The zero-order valence-electron chi connectivity index (χ0n) is 25.8. The number of fused-ring (bicyclic) bond motifs is 2. The number of carbonyl (C=O) groups is 1. The predicted octanol–water partition coefficient (Wildman–Crippen LogP) is 6.87. The fourth-order valence-electron chi connectivity index (χ4n) is 6.21. The molecule has 2 aromatic rings. The van der Waals surface area contributed by atoms with Crippen LogP contribution in [0, 0.1) is 0 Å². The molecule has 0 saturated carbocycles. The number of anilines is 1.